The molecule has 1 unspecified atom stereocenters. The average molecular weight is 786 g/mol. The number of hydrogen-bond donors (Lipinski definition) is 3. The highest BCUT2D eigenvalue weighted by atomic mass is 19.1. The van der Waals surface area contributed by atoms with E-state index in [9.17, 15) is 24.0 Å². The molecule has 3 aliphatic heterocycles. The molecule has 3 aliphatic rings. The third-order valence-corrected chi connectivity index (χ3v) is 11.4. The molecule has 2 aromatic carbocycles. The van der Waals surface area contributed by atoms with Crippen LogP contribution in [0.2, 0.25) is 0 Å². The van der Waals surface area contributed by atoms with Crippen LogP contribution in [0, 0.1) is 11.7 Å². The molecule has 3 saturated heterocycles. The quantitative estimate of drug-likeness (QED) is 0.191. The lowest BCUT2D eigenvalue weighted by Gasteiger charge is -2.40. The number of nitrogens with zero attached hydrogens (tertiary/aromatic N) is 8. The Hall–Kier alpha value is -5.71. The molecule has 0 bridgehead atoms. The number of carbonyl (C=O) groups excluding carboxylic acids is 5. The van der Waals surface area contributed by atoms with Crippen molar-refractivity contribution in [2.45, 2.75) is 57.9 Å². The molecular formula is C40H52FN11O5. The molecule has 3 fully saturated rings. The second kappa shape index (κ2) is 19.0. The van der Waals surface area contributed by atoms with E-state index < -0.39 is 11.8 Å². The molecule has 4 heterocycles. The Balaban J connectivity index is 0.976. The molecule has 4 N–H and O–H groups in total. The van der Waals surface area contributed by atoms with E-state index in [-0.39, 0.29) is 35.7 Å². The lowest BCUT2D eigenvalue weighted by molar-refractivity contribution is -0.125. The van der Waals surface area contributed by atoms with Crippen LogP contribution in [-0.4, -0.2) is 127 Å². The van der Waals surface area contributed by atoms with Gasteiger partial charge < -0.3 is 30.7 Å². The second-order valence-electron chi connectivity index (χ2n) is 15.1. The van der Waals surface area contributed by atoms with Crippen molar-refractivity contribution in [3.8, 4) is 0 Å². The topological polar surface area (TPSA) is 190 Å². The van der Waals surface area contributed by atoms with E-state index in [0.29, 0.717) is 53.5 Å². The van der Waals surface area contributed by atoms with Gasteiger partial charge in [-0.1, -0.05) is 0 Å². The number of carbonyl (C=O) groups is 5. The number of aromatic nitrogens is 3. The van der Waals surface area contributed by atoms with Gasteiger partial charge in [0.15, 0.2) is 17.8 Å². The molecule has 17 heteroatoms. The maximum Gasteiger partial charge on any atom is 0.273 e. The number of rotatable bonds is 15. The summed E-state index contributed by atoms with van der Waals surface area (Å²) in [5.41, 5.74) is 7.91. The smallest absolute Gasteiger partial charge is 0.273 e. The summed E-state index contributed by atoms with van der Waals surface area (Å²) in [6.45, 7) is 9.12. The van der Waals surface area contributed by atoms with E-state index in [4.69, 9.17) is 5.73 Å². The number of hydrogen-bond acceptors (Lipinski definition) is 13. The average Bonchev–Trinajstić information content (AvgIpc) is 3.23. The summed E-state index contributed by atoms with van der Waals surface area (Å²) in [4.78, 5) is 74.4. The zero-order valence-electron chi connectivity index (χ0n) is 32.7. The second-order valence-corrected chi connectivity index (χ2v) is 15.1. The Morgan fingerprint density at radius 3 is 2.33 bits per heavy atom. The minimum absolute atomic E-state index is 0.100. The van der Waals surface area contributed by atoms with Gasteiger partial charge in [-0.3, -0.25) is 34.2 Å². The summed E-state index contributed by atoms with van der Waals surface area (Å²) < 4.78 is 15.6. The third kappa shape index (κ3) is 10.2. The number of amides is 4. The molecule has 4 amide bonds. The van der Waals surface area contributed by atoms with Gasteiger partial charge in [0.2, 0.25) is 18.3 Å². The van der Waals surface area contributed by atoms with Gasteiger partial charge in [-0.05, 0) is 87.8 Å². The van der Waals surface area contributed by atoms with Crippen LogP contribution in [0.25, 0.3) is 0 Å². The normalized spacial score (nSPS) is 17.1. The van der Waals surface area contributed by atoms with Crippen LogP contribution in [-0.2, 0) is 9.59 Å². The van der Waals surface area contributed by atoms with Crippen LogP contribution in [0.15, 0.2) is 36.4 Å². The molecule has 0 saturated carbocycles. The summed E-state index contributed by atoms with van der Waals surface area (Å²) in [7, 11) is 1.64. The Morgan fingerprint density at radius 2 is 1.67 bits per heavy atom. The predicted octanol–water partition coefficient (Wildman–Crippen LogP) is 3.21. The maximum absolute atomic E-state index is 15.6. The number of piperidine rings is 2. The van der Waals surface area contributed by atoms with Gasteiger partial charge in [-0.15, -0.1) is 10.2 Å². The molecule has 1 atom stereocenters. The van der Waals surface area contributed by atoms with Crippen LogP contribution in [0.5, 0.6) is 0 Å². The SMILES string of the molecule is CC(CCC(=O)NC=O)N(C)C(=O)c1ccc(N2CCN(CC3CCN(c4ccc(Nc5nc(N6CCCCC6)nnc5C(N)=O)cc4F)CC3)CC2)cc1C=O. The predicted molar refractivity (Wildman–Crippen MR) is 215 cm³/mol. The van der Waals surface area contributed by atoms with E-state index >= 15 is 4.39 Å². The molecule has 6 rings (SSSR count). The van der Waals surface area contributed by atoms with Crippen molar-refractivity contribution in [3.63, 3.8) is 0 Å². The van der Waals surface area contributed by atoms with Crippen molar-refractivity contribution in [3.05, 3.63) is 59.0 Å². The van der Waals surface area contributed by atoms with Crippen molar-refractivity contribution in [2.24, 2.45) is 11.7 Å². The standard InChI is InChI=1S/C40H52FN11O5/c1-27(6-11-35(55)43-26-54)48(2)39(57)32-9-8-31(22-29(32)25-53)50-20-18-49(19-21-50)24-28-12-16-51(17-13-28)34-10-7-30(23-33(34)41)44-38-36(37(42)56)46-47-40(45-38)52-14-4-3-5-15-52/h7-10,22-23,25-28H,3-6,11-21,24H2,1-2H3,(H2,42,56)(H,43,54,55)(H,44,45,47). The van der Waals surface area contributed by atoms with Crippen molar-refractivity contribution in [1.29, 1.82) is 0 Å². The molecule has 0 aliphatic carbocycles. The van der Waals surface area contributed by atoms with Crippen LogP contribution in [0.1, 0.15) is 83.1 Å². The van der Waals surface area contributed by atoms with Crippen LogP contribution < -0.4 is 31.1 Å². The molecule has 16 nitrogen and oxygen atoms in total. The zero-order chi connectivity index (χ0) is 40.5. The first-order chi connectivity index (χ1) is 27.5. The molecule has 0 radical (unpaired) electrons. The Bertz CT molecular complexity index is 1930. The Morgan fingerprint density at radius 1 is 0.930 bits per heavy atom. The molecule has 0 spiro atoms. The molecule has 57 heavy (non-hydrogen) atoms. The minimum atomic E-state index is -0.771. The number of imide groups is 1. The highest BCUT2D eigenvalue weighted by Gasteiger charge is 2.27. The monoisotopic (exact) mass is 785 g/mol. The first-order valence-electron chi connectivity index (χ1n) is 19.7. The number of primary amides is 1. The summed E-state index contributed by atoms with van der Waals surface area (Å²) >= 11 is 0. The van der Waals surface area contributed by atoms with Crippen molar-refractivity contribution >= 4 is 59.2 Å². The van der Waals surface area contributed by atoms with E-state index in [1.165, 1.54) is 11.0 Å². The first kappa shape index (κ1) is 40.9. The highest BCUT2D eigenvalue weighted by Crippen LogP contribution is 2.30. The van der Waals surface area contributed by atoms with Gasteiger partial charge in [0.25, 0.3) is 11.8 Å². The number of benzene rings is 2. The zero-order valence-corrected chi connectivity index (χ0v) is 32.7. The third-order valence-electron chi connectivity index (χ3n) is 11.4. The van der Waals surface area contributed by atoms with E-state index in [1.54, 1.807) is 31.3 Å². The first-order valence-corrected chi connectivity index (χ1v) is 19.7. The van der Waals surface area contributed by atoms with E-state index in [1.807, 2.05) is 17.9 Å². The van der Waals surface area contributed by atoms with Crippen molar-refractivity contribution in [2.75, 3.05) is 86.0 Å². The summed E-state index contributed by atoms with van der Waals surface area (Å²) in [6, 6.07) is 9.97. The molecule has 304 valence electrons. The van der Waals surface area contributed by atoms with Gasteiger partial charge in [0.05, 0.1) is 11.3 Å². The van der Waals surface area contributed by atoms with Crippen molar-refractivity contribution < 1.29 is 28.4 Å². The minimum Gasteiger partial charge on any atom is -0.369 e. The largest absolute Gasteiger partial charge is 0.369 e. The number of piperazine rings is 1. The van der Waals surface area contributed by atoms with Gasteiger partial charge in [-0.2, -0.15) is 4.98 Å². The van der Waals surface area contributed by atoms with Crippen LogP contribution >= 0.6 is 0 Å². The number of nitrogens with one attached hydrogen (secondary N) is 2. The van der Waals surface area contributed by atoms with Gasteiger partial charge in [0.1, 0.15) is 5.82 Å². The lowest BCUT2D eigenvalue weighted by atomic mass is 9.95. The van der Waals surface area contributed by atoms with E-state index in [2.05, 4.69) is 40.5 Å². The summed E-state index contributed by atoms with van der Waals surface area (Å²) in [6.07, 6.45) is 6.58. The summed E-state index contributed by atoms with van der Waals surface area (Å²) in [5.74, 6) is -0.820. The van der Waals surface area contributed by atoms with Crippen LogP contribution in [0.4, 0.5) is 33.2 Å². The number of anilines is 5. The molecular weight excluding hydrogens is 734 g/mol. The van der Waals surface area contributed by atoms with Gasteiger partial charge >= 0.3 is 0 Å². The van der Waals surface area contributed by atoms with Gasteiger partial charge in [-0.25, -0.2) is 4.39 Å². The fourth-order valence-corrected chi connectivity index (χ4v) is 7.79. The number of halogens is 1. The number of aldehydes is 1. The Kier molecular flexibility index (Phi) is 13.6. The van der Waals surface area contributed by atoms with Crippen LogP contribution in [0.3, 0.4) is 0 Å². The number of nitrogens with two attached hydrogens (primary N) is 1. The lowest BCUT2D eigenvalue weighted by Crippen LogP contribution is -2.49. The highest BCUT2D eigenvalue weighted by molar-refractivity contribution is 6.02. The molecule has 1 aromatic heterocycles. The fraction of sp³-hybridized carbons (Fsp3) is 0.500. The Labute approximate surface area is 331 Å². The fourth-order valence-electron chi connectivity index (χ4n) is 7.79. The maximum atomic E-state index is 15.6. The van der Waals surface area contributed by atoms with Crippen molar-refractivity contribution in [1.82, 2.24) is 30.3 Å². The van der Waals surface area contributed by atoms with Gasteiger partial charge in [0, 0.05) is 95.4 Å². The summed E-state index contributed by atoms with van der Waals surface area (Å²) in [5, 5.41) is 13.3. The van der Waals surface area contributed by atoms with E-state index in [0.717, 1.165) is 96.7 Å². The molecule has 3 aromatic rings.